The van der Waals surface area contributed by atoms with E-state index in [2.05, 4.69) is 20.3 Å². The van der Waals surface area contributed by atoms with Gasteiger partial charge in [-0.2, -0.15) is 4.98 Å². The summed E-state index contributed by atoms with van der Waals surface area (Å²) in [5.41, 5.74) is 0.583. The summed E-state index contributed by atoms with van der Waals surface area (Å²) in [6.45, 7) is 2.62. The molecule has 120 valence electrons. The number of hydrogen-bond donors (Lipinski definition) is 1. The van der Waals surface area contributed by atoms with Crippen LogP contribution in [-0.4, -0.2) is 24.9 Å². The zero-order valence-corrected chi connectivity index (χ0v) is 13.9. The molecule has 9 heteroatoms. The summed E-state index contributed by atoms with van der Waals surface area (Å²) in [6, 6.07) is 7.25. The van der Waals surface area contributed by atoms with Crippen LogP contribution in [0.5, 0.6) is 0 Å². The van der Waals surface area contributed by atoms with Crippen LogP contribution in [0.2, 0.25) is 5.02 Å². The number of H-pyrrole nitrogens is 1. The second-order valence-corrected chi connectivity index (χ2v) is 6.15. The maximum atomic E-state index is 11.6. The fourth-order valence-corrected chi connectivity index (χ4v) is 3.02. The van der Waals surface area contributed by atoms with E-state index >= 15 is 0 Å². The third kappa shape index (κ3) is 3.65. The minimum atomic E-state index is -0.209. The summed E-state index contributed by atoms with van der Waals surface area (Å²) in [7, 11) is 0. The summed E-state index contributed by atoms with van der Waals surface area (Å²) in [6.07, 6.45) is 0.854. The largest absolute Gasteiger partial charge is 0.343 e. The van der Waals surface area contributed by atoms with Gasteiger partial charge < -0.3 is 4.52 Å². The highest BCUT2D eigenvalue weighted by Crippen LogP contribution is 2.23. The highest BCUT2D eigenvalue weighted by molar-refractivity contribution is 7.98. The average molecular weight is 352 g/mol. The van der Waals surface area contributed by atoms with Gasteiger partial charge in [0.1, 0.15) is 0 Å². The number of rotatable bonds is 6. The fourth-order valence-electron chi connectivity index (χ4n) is 2.02. The molecule has 0 atom stereocenters. The van der Waals surface area contributed by atoms with Gasteiger partial charge >= 0.3 is 5.69 Å². The first-order valence-corrected chi connectivity index (χ1v) is 8.40. The van der Waals surface area contributed by atoms with E-state index in [1.54, 1.807) is 16.7 Å². The van der Waals surface area contributed by atoms with Crippen molar-refractivity contribution in [1.29, 1.82) is 0 Å². The molecule has 0 saturated heterocycles. The first-order valence-electron chi connectivity index (χ1n) is 7.04. The lowest BCUT2D eigenvalue weighted by molar-refractivity contribution is 0.391. The van der Waals surface area contributed by atoms with Crippen LogP contribution in [0.25, 0.3) is 11.4 Å². The molecule has 0 saturated carbocycles. The molecule has 2 aromatic heterocycles. The topological polar surface area (TPSA) is 89.6 Å². The van der Waals surface area contributed by atoms with Crippen molar-refractivity contribution in [2.75, 3.05) is 0 Å². The molecule has 0 spiro atoms. The Balaban J connectivity index is 1.72. The normalized spacial score (nSPS) is 11.0. The Morgan fingerprint density at radius 2 is 2.30 bits per heavy atom. The molecule has 0 radical (unpaired) electrons. The Bertz CT molecular complexity index is 857. The minimum absolute atomic E-state index is 0.209. The standard InChI is InChI=1S/C14H14ClN5O2S/c1-2-6-20-13(21)17-18-14(20)23-8-11-16-12(19-22-11)9-4-3-5-10(15)7-9/h3-5,7H,2,6,8H2,1H3,(H,17,21). The van der Waals surface area contributed by atoms with Gasteiger partial charge in [-0.15, -0.1) is 5.10 Å². The number of nitrogens with zero attached hydrogens (tertiary/aromatic N) is 4. The van der Waals surface area contributed by atoms with Gasteiger partial charge in [0.15, 0.2) is 5.16 Å². The van der Waals surface area contributed by atoms with Crippen molar-refractivity contribution < 1.29 is 4.52 Å². The number of benzene rings is 1. The van der Waals surface area contributed by atoms with E-state index < -0.39 is 0 Å². The van der Waals surface area contributed by atoms with Gasteiger partial charge in [0.25, 0.3) is 0 Å². The van der Waals surface area contributed by atoms with Crippen LogP contribution in [0, 0.1) is 0 Å². The van der Waals surface area contributed by atoms with Crippen molar-refractivity contribution in [2.45, 2.75) is 30.8 Å². The van der Waals surface area contributed by atoms with Gasteiger partial charge in [0.2, 0.25) is 11.7 Å². The lowest BCUT2D eigenvalue weighted by atomic mass is 10.2. The Hall–Kier alpha value is -2.06. The molecule has 0 bridgehead atoms. The lowest BCUT2D eigenvalue weighted by Gasteiger charge is -2.01. The maximum absolute atomic E-state index is 11.6. The van der Waals surface area contributed by atoms with Crippen molar-refractivity contribution >= 4 is 23.4 Å². The van der Waals surface area contributed by atoms with Gasteiger partial charge in [-0.1, -0.05) is 47.6 Å². The molecule has 0 aliphatic heterocycles. The second kappa shape index (κ2) is 7.01. The van der Waals surface area contributed by atoms with Gasteiger partial charge in [0.05, 0.1) is 5.75 Å². The predicted octanol–water partition coefficient (Wildman–Crippen LogP) is 2.98. The highest BCUT2D eigenvalue weighted by Gasteiger charge is 2.13. The second-order valence-electron chi connectivity index (χ2n) is 4.77. The lowest BCUT2D eigenvalue weighted by Crippen LogP contribution is -2.17. The summed E-state index contributed by atoms with van der Waals surface area (Å²) in [4.78, 5) is 16.0. The summed E-state index contributed by atoms with van der Waals surface area (Å²) < 4.78 is 6.83. The zero-order valence-electron chi connectivity index (χ0n) is 12.3. The SMILES string of the molecule is CCCn1c(SCc2nc(-c3cccc(Cl)c3)no2)n[nH]c1=O. The molecular formula is C14H14ClN5O2S. The van der Waals surface area contributed by atoms with E-state index in [0.29, 0.717) is 34.2 Å². The molecule has 7 nitrogen and oxygen atoms in total. The third-order valence-electron chi connectivity index (χ3n) is 3.05. The van der Waals surface area contributed by atoms with Crippen LogP contribution in [0.1, 0.15) is 19.2 Å². The smallest absolute Gasteiger partial charge is 0.338 e. The number of aromatic nitrogens is 5. The van der Waals surface area contributed by atoms with Crippen LogP contribution in [-0.2, 0) is 12.3 Å². The first-order chi connectivity index (χ1) is 11.2. The van der Waals surface area contributed by atoms with Crippen LogP contribution >= 0.6 is 23.4 Å². The van der Waals surface area contributed by atoms with E-state index in [0.717, 1.165) is 12.0 Å². The molecule has 3 aromatic rings. The molecule has 3 rings (SSSR count). The average Bonchev–Trinajstić information content (AvgIpc) is 3.14. The van der Waals surface area contributed by atoms with Crippen molar-refractivity contribution in [3.63, 3.8) is 0 Å². The number of nitrogens with one attached hydrogen (secondary N) is 1. The molecule has 0 unspecified atom stereocenters. The molecule has 23 heavy (non-hydrogen) atoms. The molecule has 0 amide bonds. The molecule has 0 aliphatic carbocycles. The Morgan fingerprint density at radius 1 is 1.43 bits per heavy atom. The number of hydrogen-bond acceptors (Lipinski definition) is 6. The zero-order chi connectivity index (χ0) is 16.2. The van der Waals surface area contributed by atoms with E-state index in [1.165, 1.54) is 11.8 Å². The Kier molecular flexibility index (Phi) is 4.82. The maximum Gasteiger partial charge on any atom is 0.343 e. The van der Waals surface area contributed by atoms with Crippen LogP contribution in [0.15, 0.2) is 38.7 Å². The number of aromatic amines is 1. The number of thioether (sulfide) groups is 1. The summed E-state index contributed by atoms with van der Waals surface area (Å²) >= 11 is 7.33. The van der Waals surface area contributed by atoms with Gasteiger partial charge in [-0.3, -0.25) is 4.57 Å². The molecule has 0 fully saturated rings. The van der Waals surface area contributed by atoms with Gasteiger partial charge in [0, 0.05) is 17.1 Å². The van der Waals surface area contributed by atoms with Crippen LogP contribution in [0.3, 0.4) is 0 Å². The third-order valence-corrected chi connectivity index (χ3v) is 4.24. The van der Waals surface area contributed by atoms with Gasteiger partial charge in [-0.05, 0) is 18.6 Å². The van der Waals surface area contributed by atoms with Crippen molar-refractivity contribution in [3.8, 4) is 11.4 Å². The minimum Gasteiger partial charge on any atom is -0.338 e. The quantitative estimate of drug-likeness (QED) is 0.687. The van der Waals surface area contributed by atoms with E-state index in [4.69, 9.17) is 16.1 Å². The molecular weight excluding hydrogens is 338 g/mol. The first kappa shape index (κ1) is 15.8. The van der Waals surface area contributed by atoms with Gasteiger partial charge in [-0.25, -0.2) is 9.89 Å². The molecule has 0 aliphatic rings. The summed E-state index contributed by atoms with van der Waals surface area (Å²) in [5, 5.41) is 11.6. The summed E-state index contributed by atoms with van der Waals surface area (Å²) in [5.74, 6) is 1.38. The predicted molar refractivity (Wildman–Crippen MR) is 87.4 cm³/mol. The Morgan fingerprint density at radius 3 is 3.09 bits per heavy atom. The van der Waals surface area contributed by atoms with E-state index in [9.17, 15) is 4.79 Å². The van der Waals surface area contributed by atoms with E-state index in [1.807, 2.05) is 19.1 Å². The number of halogens is 1. The molecule has 1 N–H and O–H groups in total. The highest BCUT2D eigenvalue weighted by atomic mass is 35.5. The van der Waals surface area contributed by atoms with Crippen molar-refractivity contribution in [1.82, 2.24) is 24.9 Å². The molecule has 2 heterocycles. The van der Waals surface area contributed by atoms with Crippen molar-refractivity contribution in [2.24, 2.45) is 0 Å². The van der Waals surface area contributed by atoms with Crippen LogP contribution < -0.4 is 5.69 Å². The van der Waals surface area contributed by atoms with Crippen LogP contribution in [0.4, 0.5) is 0 Å². The van der Waals surface area contributed by atoms with Crippen molar-refractivity contribution in [3.05, 3.63) is 45.7 Å². The monoisotopic (exact) mass is 351 g/mol. The fraction of sp³-hybridized carbons (Fsp3) is 0.286. The van der Waals surface area contributed by atoms with E-state index in [-0.39, 0.29) is 5.69 Å². The molecule has 1 aromatic carbocycles. The Labute approximate surface area is 141 Å².